The number of carboxylic acids is 1. The van der Waals surface area contributed by atoms with Gasteiger partial charge in [0.15, 0.2) is 0 Å². The summed E-state index contributed by atoms with van der Waals surface area (Å²) >= 11 is 0. The predicted octanol–water partition coefficient (Wildman–Crippen LogP) is 2.22. The normalized spacial score (nSPS) is 14.7. The molecule has 3 amide bonds. The summed E-state index contributed by atoms with van der Waals surface area (Å²) in [6.45, 7) is 1.67. The summed E-state index contributed by atoms with van der Waals surface area (Å²) in [5.74, 6) is -1.41. The molecule has 1 fully saturated rings. The molecule has 23 heavy (non-hydrogen) atoms. The average Bonchev–Trinajstić information content (AvgIpc) is 3.33. The maximum absolute atomic E-state index is 12.0. The van der Waals surface area contributed by atoms with Crippen LogP contribution in [0.25, 0.3) is 0 Å². The number of hydrogen-bond donors (Lipinski definition) is 3. The Balaban J connectivity index is 1.85. The number of carbonyl (C=O) groups excluding carboxylic acids is 2. The Bertz CT molecular complexity index is 596. The van der Waals surface area contributed by atoms with Crippen LogP contribution in [-0.2, 0) is 9.59 Å². The summed E-state index contributed by atoms with van der Waals surface area (Å²) in [7, 11) is 1.54. The minimum atomic E-state index is -0.944. The fourth-order valence-corrected chi connectivity index (χ4v) is 2.02. The van der Waals surface area contributed by atoms with Gasteiger partial charge in [-0.1, -0.05) is 6.92 Å². The molecule has 1 aromatic rings. The monoisotopic (exact) mass is 319 g/mol. The smallest absolute Gasteiger partial charge is 0.321 e. The standard InChI is InChI=1S/C16H21N3O4/c1-10(15(21)22)9-19(2)16(23)18-13-7-5-12(6-8-13)17-14(20)11-3-4-11/h5-8,10-11H,3-4,9H2,1-2H3,(H,17,20)(H,18,23)(H,21,22). The molecule has 1 aliphatic rings. The van der Waals surface area contributed by atoms with Gasteiger partial charge in [0.2, 0.25) is 5.91 Å². The molecule has 0 spiro atoms. The molecule has 0 aromatic heterocycles. The largest absolute Gasteiger partial charge is 0.481 e. The van der Waals surface area contributed by atoms with E-state index in [1.807, 2.05) is 0 Å². The van der Waals surface area contributed by atoms with Gasteiger partial charge in [-0.25, -0.2) is 4.79 Å². The van der Waals surface area contributed by atoms with Crippen LogP contribution in [0.4, 0.5) is 16.2 Å². The van der Waals surface area contributed by atoms with Gasteiger partial charge in [0, 0.05) is 30.9 Å². The quantitative estimate of drug-likeness (QED) is 0.748. The van der Waals surface area contributed by atoms with Gasteiger partial charge >= 0.3 is 12.0 Å². The lowest BCUT2D eigenvalue weighted by Crippen LogP contribution is -2.36. The fourth-order valence-electron chi connectivity index (χ4n) is 2.02. The lowest BCUT2D eigenvalue weighted by Gasteiger charge is -2.20. The lowest BCUT2D eigenvalue weighted by atomic mass is 10.2. The number of carbonyl (C=O) groups is 3. The molecule has 1 atom stereocenters. The highest BCUT2D eigenvalue weighted by molar-refractivity contribution is 5.94. The van der Waals surface area contributed by atoms with E-state index in [1.54, 1.807) is 38.2 Å². The third kappa shape index (κ3) is 4.98. The number of nitrogens with one attached hydrogen (secondary N) is 2. The van der Waals surface area contributed by atoms with E-state index in [2.05, 4.69) is 10.6 Å². The van der Waals surface area contributed by atoms with E-state index in [0.717, 1.165) is 12.8 Å². The van der Waals surface area contributed by atoms with Crippen molar-refractivity contribution in [3.05, 3.63) is 24.3 Å². The van der Waals surface area contributed by atoms with Crippen LogP contribution in [0.2, 0.25) is 0 Å². The van der Waals surface area contributed by atoms with Gasteiger partial charge in [-0.3, -0.25) is 9.59 Å². The van der Waals surface area contributed by atoms with E-state index in [4.69, 9.17) is 5.11 Å². The van der Waals surface area contributed by atoms with Crippen LogP contribution in [0.1, 0.15) is 19.8 Å². The van der Waals surface area contributed by atoms with Gasteiger partial charge in [0.05, 0.1) is 5.92 Å². The van der Waals surface area contributed by atoms with E-state index in [9.17, 15) is 14.4 Å². The van der Waals surface area contributed by atoms with Crippen molar-refractivity contribution >= 4 is 29.3 Å². The number of nitrogens with zero attached hydrogens (tertiary/aromatic N) is 1. The summed E-state index contributed by atoms with van der Waals surface area (Å²) in [5, 5.41) is 14.4. The zero-order chi connectivity index (χ0) is 17.0. The Morgan fingerprint density at radius 1 is 1.17 bits per heavy atom. The highest BCUT2D eigenvalue weighted by atomic mass is 16.4. The van der Waals surface area contributed by atoms with Crippen LogP contribution in [0.15, 0.2) is 24.3 Å². The predicted molar refractivity (Wildman–Crippen MR) is 86.2 cm³/mol. The molecule has 7 heteroatoms. The van der Waals surface area contributed by atoms with Crippen LogP contribution in [-0.4, -0.2) is 41.5 Å². The van der Waals surface area contributed by atoms with E-state index < -0.39 is 11.9 Å². The van der Waals surface area contributed by atoms with Crippen molar-refractivity contribution in [2.45, 2.75) is 19.8 Å². The first-order valence-electron chi connectivity index (χ1n) is 7.52. The fraction of sp³-hybridized carbons (Fsp3) is 0.438. The molecule has 1 aliphatic carbocycles. The Hall–Kier alpha value is -2.57. The average molecular weight is 319 g/mol. The van der Waals surface area contributed by atoms with Crippen LogP contribution in [0.3, 0.4) is 0 Å². The molecule has 2 rings (SSSR count). The van der Waals surface area contributed by atoms with E-state index in [-0.39, 0.29) is 24.4 Å². The van der Waals surface area contributed by atoms with Crippen LogP contribution >= 0.6 is 0 Å². The number of carboxylic acid groups (broad SMARTS) is 1. The van der Waals surface area contributed by atoms with Crippen molar-refractivity contribution in [3.8, 4) is 0 Å². The summed E-state index contributed by atoms with van der Waals surface area (Å²) in [6.07, 6.45) is 1.89. The van der Waals surface area contributed by atoms with Crippen molar-refractivity contribution in [1.29, 1.82) is 0 Å². The first-order valence-corrected chi connectivity index (χ1v) is 7.52. The first kappa shape index (κ1) is 16.8. The maximum Gasteiger partial charge on any atom is 0.321 e. The third-order valence-electron chi connectivity index (χ3n) is 3.67. The number of aliphatic carboxylic acids is 1. The Morgan fingerprint density at radius 3 is 2.17 bits per heavy atom. The number of hydrogen-bond acceptors (Lipinski definition) is 3. The van der Waals surface area contributed by atoms with Gasteiger partial charge in [0.1, 0.15) is 0 Å². The summed E-state index contributed by atoms with van der Waals surface area (Å²) in [5.41, 5.74) is 1.27. The maximum atomic E-state index is 12.0. The van der Waals surface area contributed by atoms with Crippen molar-refractivity contribution in [2.75, 3.05) is 24.2 Å². The molecule has 3 N–H and O–H groups in total. The molecular weight excluding hydrogens is 298 g/mol. The first-order chi connectivity index (χ1) is 10.9. The van der Waals surface area contributed by atoms with Crippen molar-refractivity contribution in [1.82, 2.24) is 4.90 Å². The van der Waals surface area contributed by atoms with Crippen molar-refractivity contribution < 1.29 is 19.5 Å². The topological polar surface area (TPSA) is 98.7 Å². The number of urea groups is 1. The van der Waals surface area contributed by atoms with Gasteiger partial charge in [-0.05, 0) is 37.1 Å². The van der Waals surface area contributed by atoms with Gasteiger partial charge in [-0.15, -0.1) is 0 Å². The van der Waals surface area contributed by atoms with E-state index >= 15 is 0 Å². The minimum absolute atomic E-state index is 0.0316. The second-order valence-electron chi connectivity index (χ2n) is 5.89. The summed E-state index contributed by atoms with van der Waals surface area (Å²) < 4.78 is 0. The molecule has 1 saturated carbocycles. The van der Waals surface area contributed by atoms with Crippen molar-refractivity contribution in [2.24, 2.45) is 11.8 Å². The highest BCUT2D eigenvalue weighted by Gasteiger charge is 2.29. The number of rotatable bonds is 6. The van der Waals surface area contributed by atoms with Crippen molar-refractivity contribution in [3.63, 3.8) is 0 Å². The Kier molecular flexibility index (Phi) is 5.20. The molecule has 7 nitrogen and oxygen atoms in total. The van der Waals surface area contributed by atoms with Gasteiger partial charge in [0.25, 0.3) is 0 Å². The third-order valence-corrected chi connectivity index (χ3v) is 3.67. The van der Waals surface area contributed by atoms with Gasteiger partial charge in [-0.2, -0.15) is 0 Å². The zero-order valence-corrected chi connectivity index (χ0v) is 13.2. The molecule has 0 heterocycles. The van der Waals surface area contributed by atoms with Crippen LogP contribution in [0.5, 0.6) is 0 Å². The number of amides is 3. The summed E-state index contributed by atoms with van der Waals surface area (Å²) in [4.78, 5) is 35.8. The SMILES string of the molecule is CC(CN(C)C(=O)Nc1ccc(NC(=O)C2CC2)cc1)C(=O)O. The Morgan fingerprint density at radius 2 is 1.70 bits per heavy atom. The molecule has 0 aliphatic heterocycles. The molecule has 0 radical (unpaired) electrons. The zero-order valence-electron chi connectivity index (χ0n) is 13.2. The van der Waals surface area contributed by atoms with E-state index in [1.165, 1.54) is 4.90 Å². The minimum Gasteiger partial charge on any atom is -0.481 e. The number of benzene rings is 1. The molecule has 0 bridgehead atoms. The van der Waals surface area contributed by atoms with Crippen LogP contribution in [0, 0.1) is 11.8 Å². The highest BCUT2D eigenvalue weighted by Crippen LogP contribution is 2.30. The summed E-state index contributed by atoms with van der Waals surface area (Å²) in [6, 6.07) is 6.43. The second kappa shape index (κ2) is 7.13. The molecule has 0 saturated heterocycles. The Labute approximate surface area is 134 Å². The second-order valence-corrected chi connectivity index (χ2v) is 5.89. The van der Waals surface area contributed by atoms with Crippen LogP contribution < -0.4 is 10.6 Å². The van der Waals surface area contributed by atoms with E-state index in [0.29, 0.717) is 11.4 Å². The molecule has 1 aromatic carbocycles. The number of anilines is 2. The van der Waals surface area contributed by atoms with Gasteiger partial charge < -0.3 is 20.6 Å². The molecule has 124 valence electrons. The lowest BCUT2D eigenvalue weighted by molar-refractivity contribution is -0.141. The molecular formula is C16H21N3O4. The molecule has 1 unspecified atom stereocenters.